The van der Waals surface area contributed by atoms with Crippen molar-refractivity contribution < 1.29 is 19.1 Å². The molecule has 1 aromatic carbocycles. The van der Waals surface area contributed by atoms with E-state index in [1.807, 2.05) is 30.5 Å². The Morgan fingerprint density at radius 2 is 1.73 bits per heavy atom. The van der Waals surface area contributed by atoms with E-state index in [2.05, 4.69) is 54.9 Å². The second kappa shape index (κ2) is 14.0. The Morgan fingerprint density at radius 1 is 0.923 bits per heavy atom. The van der Waals surface area contributed by atoms with E-state index in [0.29, 0.717) is 35.8 Å². The van der Waals surface area contributed by atoms with E-state index in [1.54, 1.807) is 13.3 Å². The number of urea groups is 1. The van der Waals surface area contributed by atoms with Gasteiger partial charge in [-0.3, -0.25) is 24.5 Å². The van der Waals surface area contributed by atoms with Crippen molar-refractivity contribution in [1.29, 1.82) is 0 Å². The molecule has 0 unspecified atom stereocenters. The van der Waals surface area contributed by atoms with Crippen LogP contribution in [0.5, 0.6) is 0 Å². The SMILES string of the molecule is COC1CCN(c2nccc(Nc3cc4c(cn3)c(N3CCN(Cc5ccc6c(c5)CN(N5CCC(=O)NC5=O)C6=O)CC3)nn4C(C)C)n2)CC1. The summed E-state index contributed by atoms with van der Waals surface area (Å²) in [5.41, 5.74) is 3.61. The van der Waals surface area contributed by atoms with Crippen LogP contribution in [-0.4, -0.2) is 117 Å². The lowest BCUT2D eigenvalue weighted by Crippen LogP contribution is -2.56. The van der Waals surface area contributed by atoms with Crippen LogP contribution in [0.15, 0.2) is 42.7 Å². The van der Waals surface area contributed by atoms with Crippen molar-refractivity contribution in [2.24, 2.45) is 0 Å². The predicted octanol–water partition coefficient (Wildman–Crippen LogP) is 3.30. The molecule has 0 bridgehead atoms. The summed E-state index contributed by atoms with van der Waals surface area (Å²) in [6.07, 6.45) is 6.06. The number of methoxy groups -OCH3 is 1. The predicted molar refractivity (Wildman–Crippen MR) is 194 cm³/mol. The van der Waals surface area contributed by atoms with Gasteiger partial charge in [-0.05, 0) is 49.9 Å². The summed E-state index contributed by atoms with van der Waals surface area (Å²) in [6, 6.07) is 9.42. The number of piperidine rings is 1. The summed E-state index contributed by atoms with van der Waals surface area (Å²) in [6.45, 7) is 10.6. The normalized spacial score (nSPS) is 18.9. The van der Waals surface area contributed by atoms with Crippen LogP contribution in [0, 0.1) is 0 Å². The molecule has 3 fully saturated rings. The lowest BCUT2D eigenvalue weighted by molar-refractivity contribution is -0.123. The number of aromatic nitrogens is 5. The Morgan fingerprint density at radius 3 is 2.48 bits per heavy atom. The largest absolute Gasteiger partial charge is 0.381 e. The van der Waals surface area contributed by atoms with Crippen LogP contribution in [0.25, 0.3) is 10.9 Å². The molecule has 52 heavy (non-hydrogen) atoms. The van der Waals surface area contributed by atoms with Crippen molar-refractivity contribution in [3.63, 3.8) is 0 Å². The van der Waals surface area contributed by atoms with Gasteiger partial charge >= 0.3 is 6.03 Å². The van der Waals surface area contributed by atoms with Gasteiger partial charge in [-0.25, -0.2) is 24.8 Å². The molecule has 4 amide bonds. The number of rotatable bonds is 9. The molecule has 0 spiro atoms. The number of hydrogen-bond donors (Lipinski definition) is 2. The fraction of sp³-hybridized carbons (Fsp3) is 0.472. The minimum atomic E-state index is -0.555. The summed E-state index contributed by atoms with van der Waals surface area (Å²) in [7, 11) is 1.77. The monoisotopic (exact) mass is 708 g/mol. The fourth-order valence-corrected chi connectivity index (χ4v) is 7.52. The maximum absolute atomic E-state index is 13.1. The fourth-order valence-electron chi connectivity index (χ4n) is 7.52. The number of anilines is 4. The number of fused-ring (bicyclic) bond motifs is 2. The molecule has 16 nitrogen and oxygen atoms in total. The first-order chi connectivity index (χ1) is 25.2. The highest BCUT2D eigenvalue weighted by Gasteiger charge is 2.37. The van der Waals surface area contributed by atoms with Crippen molar-refractivity contribution in [1.82, 2.24) is 45.0 Å². The van der Waals surface area contributed by atoms with Crippen molar-refractivity contribution in [2.75, 3.05) is 68.0 Å². The van der Waals surface area contributed by atoms with E-state index in [1.165, 1.54) is 10.0 Å². The average Bonchev–Trinajstić information content (AvgIpc) is 3.69. The number of amides is 4. The Bertz CT molecular complexity index is 2000. The van der Waals surface area contributed by atoms with Crippen LogP contribution in [-0.2, 0) is 22.6 Å². The van der Waals surface area contributed by atoms with Gasteiger partial charge in [-0.1, -0.05) is 12.1 Å². The molecule has 3 aromatic heterocycles. The zero-order chi connectivity index (χ0) is 35.9. The van der Waals surface area contributed by atoms with E-state index in [4.69, 9.17) is 19.8 Å². The number of nitrogens with zero attached hydrogens (tertiary/aromatic N) is 10. The third-order valence-corrected chi connectivity index (χ3v) is 10.4. The quantitative estimate of drug-likeness (QED) is 0.262. The molecule has 2 N–H and O–H groups in total. The van der Waals surface area contributed by atoms with Gasteiger partial charge in [0.25, 0.3) is 5.91 Å². The summed E-state index contributed by atoms with van der Waals surface area (Å²) < 4.78 is 7.58. The Kier molecular flexibility index (Phi) is 9.09. The molecule has 16 heteroatoms. The third-order valence-electron chi connectivity index (χ3n) is 10.4. The van der Waals surface area contributed by atoms with Crippen molar-refractivity contribution in [2.45, 2.75) is 58.3 Å². The molecule has 0 atom stereocenters. The molecule has 4 aliphatic rings. The van der Waals surface area contributed by atoms with Gasteiger partial charge in [-0.2, -0.15) is 10.1 Å². The smallest absolute Gasteiger partial charge is 0.342 e. The number of imide groups is 1. The molecule has 4 aromatic rings. The average molecular weight is 709 g/mol. The molecular weight excluding hydrogens is 664 g/mol. The number of nitrogens with one attached hydrogen (secondary N) is 2. The highest BCUT2D eigenvalue weighted by molar-refractivity contribution is 6.02. The maximum atomic E-state index is 13.1. The second-order valence-electron chi connectivity index (χ2n) is 14.1. The first-order valence-corrected chi connectivity index (χ1v) is 18.0. The van der Waals surface area contributed by atoms with Gasteiger partial charge in [0.2, 0.25) is 11.9 Å². The Hall–Kier alpha value is -5.35. The lowest BCUT2D eigenvalue weighted by atomic mass is 10.1. The number of piperazine rings is 1. The van der Waals surface area contributed by atoms with Gasteiger partial charge in [0, 0.05) is 89.4 Å². The van der Waals surface area contributed by atoms with Crippen LogP contribution in [0.3, 0.4) is 0 Å². The molecular formula is C36H44N12O4. The maximum Gasteiger partial charge on any atom is 0.342 e. The summed E-state index contributed by atoms with van der Waals surface area (Å²) in [4.78, 5) is 58.1. The number of benzene rings is 1. The Labute approximate surface area is 301 Å². The minimum absolute atomic E-state index is 0.155. The second-order valence-corrected chi connectivity index (χ2v) is 14.1. The topological polar surface area (TPSA) is 157 Å². The molecule has 3 saturated heterocycles. The number of ether oxygens (including phenoxy) is 1. The van der Waals surface area contributed by atoms with Crippen LogP contribution >= 0.6 is 0 Å². The molecule has 0 aliphatic carbocycles. The highest BCUT2D eigenvalue weighted by Crippen LogP contribution is 2.32. The van der Waals surface area contributed by atoms with Gasteiger partial charge in [0.1, 0.15) is 11.6 Å². The van der Waals surface area contributed by atoms with Crippen molar-refractivity contribution in [3.05, 3.63) is 59.4 Å². The summed E-state index contributed by atoms with van der Waals surface area (Å²) >= 11 is 0. The van der Waals surface area contributed by atoms with E-state index < -0.39 is 6.03 Å². The van der Waals surface area contributed by atoms with Crippen LogP contribution in [0.2, 0.25) is 0 Å². The van der Waals surface area contributed by atoms with Crippen LogP contribution in [0.1, 0.15) is 60.6 Å². The van der Waals surface area contributed by atoms with E-state index in [0.717, 1.165) is 86.5 Å². The number of hydrogen-bond acceptors (Lipinski definition) is 12. The number of carbonyl (C=O) groups is 3. The van der Waals surface area contributed by atoms with Gasteiger partial charge in [0.05, 0.1) is 30.1 Å². The third kappa shape index (κ3) is 6.59. The number of carbonyl (C=O) groups excluding carboxylic acids is 3. The molecule has 8 rings (SSSR count). The zero-order valence-corrected chi connectivity index (χ0v) is 29.8. The lowest BCUT2D eigenvalue weighted by Gasteiger charge is -2.35. The number of pyridine rings is 1. The first-order valence-electron chi connectivity index (χ1n) is 18.0. The van der Waals surface area contributed by atoms with Crippen molar-refractivity contribution >= 4 is 52.2 Å². The van der Waals surface area contributed by atoms with E-state index in [9.17, 15) is 14.4 Å². The van der Waals surface area contributed by atoms with Gasteiger partial charge in [-0.15, -0.1) is 0 Å². The zero-order valence-electron chi connectivity index (χ0n) is 29.8. The van der Waals surface area contributed by atoms with Gasteiger partial charge in [0.15, 0.2) is 5.82 Å². The molecule has 4 aliphatic heterocycles. The molecule has 0 radical (unpaired) electrons. The summed E-state index contributed by atoms with van der Waals surface area (Å²) in [5.74, 6) is 2.48. The highest BCUT2D eigenvalue weighted by atomic mass is 16.5. The summed E-state index contributed by atoms with van der Waals surface area (Å²) in [5, 5.41) is 14.6. The first kappa shape index (κ1) is 33.8. The minimum Gasteiger partial charge on any atom is -0.381 e. The molecule has 272 valence electrons. The van der Waals surface area contributed by atoms with E-state index >= 15 is 0 Å². The van der Waals surface area contributed by atoms with Gasteiger partial charge < -0.3 is 19.9 Å². The molecule has 7 heterocycles. The molecule has 0 saturated carbocycles. The van der Waals surface area contributed by atoms with Crippen LogP contribution in [0.4, 0.5) is 28.2 Å². The standard InChI is InChI=1S/C36H44N12O4/c1-23(2)48-29-19-31(39-30-6-10-37-35(40-30)45-11-7-26(52-3)8-12-45)38-20-28(29)33(42-48)44-16-14-43(15-17-44)21-24-4-5-27-25(18-24)22-47(34(27)50)46-13-9-32(49)41-36(46)51/h4-6,10,18-20,23,26H,7-9,11-17,21-22H2,1-3H3,(H,41,49,51)(H,37,38,39,40). The Balaban J connectivity index is 0.916. The number of hydrazine groups is 1. The van der Waals surface area contributed by atoms with Crippen LogP contribution < -0.4 is 20.4 Å². The van der Waals surface area contributed by atoms with Crippen molar-refractivity contribution in [3.8, 4) is 0 Å². The van der Waals surface area contributed by atoms with E-state index in [-0.39, 0.29) is 30.8 Å².